The van der Waals surface area contributed by atoms with Crippen LogP contribution in [0.4, 0.5) is 0 Å². The summed E-state index contributed by atoms with van der Waals surface area (Å²) in [4.78, 5) is 0. The molecule has 15 heavy (non-hydrogen) atoms. The van der Waals surface area contributed by atoms with Crippen molar-refractivity contribution < 1.29 is 4.57 Å². The van der Waals surface area contributed by atoms with Crippen molar-refractivity contribution in [2.24, 2.45) is 7.05 Å². The number of imidazole rings is 1. The summed E-state index contributed by atoms with van der Waals surface area (Å²) >= 11 is 0. The van der Waals surface area contributed by atoms with Gasteiger partial charge in [0.2, 0.25) is 6.33 Å². The van der Waals surface area contributed by atoms with Crippen molar-refractivity contribution in [3.63, 3.8) is 0 Å². The first-order valence-corrected chi connectivity index (χ1v) is 5.39. The Labute approximate surface area is 90.8 Å². The van der Waals surface area contributed by atoms with Crippen LogP contribution < -0.4 is 4.57 Å². The number of nitrogens with zero attached hydrogens (tertiary/aromatic N) is 2. The van der Waals surface area contributed by atoms with Crippen molar-refractivity contribution in [2.45, 2.75) is 19.4 Å². The Morgan fingerprint density at radius 3 is 2.53 bits per heavy atom. The molecule has 0 amide bonds. The van der Waals surface area contributed by atoms with E-state index in [0.29, 0.717) is 6.04 Å². The van der Waals surface area contributed by atoms with Gasteiger partial charge in [0, 0.05) is 0 Å². The molecule has 1 heterocycles. The molecule has 0 aliphatic rings. The van der Waals surface area contributed by atoms with E-state index in [1.807, 2.05) is 7.05 Å². The minimum Gasteiger partial charge on any atom is -0.240 e. The van der Waals surface area contributed by atoms with E-state index in [9.17, 15) is 0 Å². The summed E-state index contributed by atoms with van der Waals surface area (Å²) in [5, 5.41) is 0. The van der Waals surface area contributed by atoms with Gasteiger partial charge in [-0.2, -0.15) is 0 Å². The molecule has 1 aromatic heterocycles. The van der Waals surface area contributed by atoms with Gasteiger partial charge in [0.15, 0.2) is 0 Å². The molecule has 0 N–H and O–H groups in total. The van der Waals surface area contributed by atoms with Crippen LogP contribution in [0.1, 0.15) is 24.9 Å². The van der Waals surface area contributed by atoms with E-state index in [4.69, 9.17) is 0 Å². The van der Waals surface area contributed by atoms with Gasteiger partial charge < -0.3 is 0 Å². The Hall–Kier alpha value is -1.57. The Kier molecular flexibility index (Phi) is 2.86. The average molecular weight is 201 g/mol. The van der Waals surface area contributed by atoms with Gasteiger partial charge in [-0.05, 0) is 12.0 Å². The van der Waals surface area contributed by atoms with Gasteiger partial charge in [-0.1, -0.05) is 37.3 Å². The first-order valence-electron chi connectivity index (χ1n) is 5.39. The number of rotatable bonds is 3. The maximum Gasteiger partial charge on any atom is 0.244 e. The summed E-state index contributed by atoms with van der Waals surface area (Å²) < 4.78 is 4.33. The van der Waals surface area contributed by atoms with E-state index in [1.165, 1.54) is 5.56 Å². The van der Waals surface area contributed by atoms with Gasteiger partial charge in [-0.15, -0.1) is 0 Å². The standard InChI is InChI=1S/C13H17N2/c1-3-13(12-7-5-4-6-8-12)15-10-9-14(2)11-15/h4-11,13H,3H2,1-2H3/q+1/t13-/m1/s1. The van der Waals surface area contributed by atoms with Gasteiger partial charge in [-0.3, -0.25) is 0 Å². The monoisotopic (exact) mass is 201 g/mol. The summed E-state index contributed by atoms with van der Waals surface area (Å²) in [6.45, 7) is 2.22. The number of aryl methyl sites for hydroxylation is 1. The summed E-state index contributed by atoms with van der Waals surface area (Å²) in [6, 6.07) is 11.1. The van der Waals surface area contributed by atoms with Gasteiger partial charge in [0.25, 0.3) is 0 Å². The molecule has 2 rings (SSSR count). The largest absolute Gasteiger partial charge is 0.244 e. The lowest BCUT2D eigenvalue weighted by atomic mass is 10.0. The molecule has 2 heteroatoms. The highest BCUT2D eigenvalue weighted by molar-refractivity contribution is 5.19. The first kappa shape index (κ1) is 9.97. The molecular weight excluding hydrogens is 184 g/mol. The maximum atomic E-state index is 2.26. The molecular formula is C13H17N2+. The number of benzene rings is 1. The van der Waals surface area contributed by atoms with E-state index in [1.54, 1.807) is 0 Å². The zero-order valence-electron chi connectivity index (χ0n) is 9.30. The lowest BCUT2D eigenvalue weighted by Gasteiger charge is -2.11. The highest BCUT2D eigenvalue weighted by Gasteiger charge is 2.15. The fourth-order valence-corrected chi connectivity index (χ4v) is 1.95. The van der Waals surface area contributed by atoms with E-state index in [-0.39, 0.29) is 0 Å². The smallest absolute Gasteiger partial charge is 0.240 e. The van der Waals surface area contributed by atoms with Crippen molar-refractivity contribution in [1.82, 2.24) is 4.57 Å². The topological polar surface area (TPSA) is 8.81 Å². The fourth-order valence-electron chi connectivity index (χ4n) is 1.95. The van der Waals surface area contributed by atoms with Gasteiger partial charge in [0.1, 0.15) is 18.4 Å². The number of hydrogen-bond donors (Lipinski definition) is 0. The van der Waals surface area contributed by atoms with Gasteiger partial charge >= 0.3 is 0 Å². The summed E-state index contributed by atoms with van der Waals surface area (Å²) in [5.74, 6) is 0. The van der Waals surface area contributed by atoms with Crippen LogP contribution >= 0.6 is 0 Å². The molecule has 0 saturated heterocycles. The third kappa shape index (κ3) is 2.09. The lowest BCUT2D eigenvalue weighted by molar-refractivity contribution is -0.671. The van der Waals surface area contributed by atoms with Crippen LogP contribution in [0, 0.1) is 0 Å². The van der Waals surface area contributed by atoms with Crippen LogP contribution in [-0.4, -0.2) is 4.57 Å². The van der Waals surface area contributed by atoms with Crippen LogP contribution in [0.25, 0.3) is 0 Å². The molecule has 0 spiro atoms. The average Bonchev–Trinajstić information content (AvgIpc) is 2.68. The van der Waals surface area contributed by atoms with E-state index in [0.717, 1.165) is 6.42 Å². The Bertz CT molecular complexity index is 417. The first-order chi connectivity index (χ1) is 7.31. The van der Waals surface area contributed by atoms with Crippen molar-refractivity contribution >= 4 is 0 Å². The summed E-state index contributed by atoms with van der Waals surface area (Å²) in [6.07, 6.45) is 7.44. The van der Waals surface area contributed by atoms with E-state index < -0.39 is 0 Å². The zero-order chi connectivity index (χ0) is 10.7. The molecule has 78 valence electrons. The van der Waals surface area contributed by atoms with Crippen molar-refractivity contribution in [2.75, 3.05) is 0 Å². The zero-order valence-corrected chi connectivity index (χ0v) is 9.30. The maximum absolute atomic E-state index is 2.26. The lowest BCUT2D eigenvalue weighted by Crippen LogP contribution is -2.24. The van der Waals surface area contributed by atoms with Crippen molar-refractivity contribution in [3.8, 4) is 0 Å². The highest BCUT2D eigenvalue weighted by Crippen LogP contribution is 2.20. The molecule has 1 atom stereocenters. The quantitative estimate of drug-likeness (QED) is 0.674. The van der Waals surface area contributed by atoms with Crippen LogP contribution in [-0.2, 0) is 7.05 Å². The molecule has 1 aromatic carbocycles. The second-order valence-electron chi connectivity index (χ2n) is 3.86. The normalized spacial score (nSPS) is 12.7. The predicted octanol–water partition coefficient (Wildman–Crippen LogP) is 2.31. The number of hydrogen-bond acceptors (Lipinski definition) is 0. The van der Waals surface area contributed by atoms with Crippen molar-refractivity contribution in [1.29, 1.82) is 0 Å². The van der Waals surface area contributed by atoms with Crippen LogP contribution in [0.5, 0.6) is 0 Å². The van der Waals surface area contributed by atoms with Gasteiger partial charge in [-0.25, -0.2) is 9.13 Å². The van der Waals surface area contributed by atoms with E-state index >= 15 is 0 Å². The molecule has 0 fully saturated rings. The van der Waals surface area contributed by atoms with Crippen LogP contribution in [0.3, 0.4) is 0 Å². The van der Waals surface area contributed by atoms with Crippen molar-refractivity contribution in [3.05, 3.63) is 54.6 Å². The SMILES string of the molecule is CC[C@H](c1ccccc1)n1cc[n+](C)c1. The van der Waals surface area contributed by atoms with Crippen LogP contribution in [0.2, 0.25) is 0 Å². The Morgan fingerprint density at radius 2 is 2.00 bits per heavy atom. The minimum absolute atomic E-state index is 0.451. The molecule has 0 aliphatic carbocycles. The summed E-state index contributed by atoms with van der Waals surface area (Å²) in [5.41, 5.74) is 1.37. The predicted molar refractivity (Wildman–Crippen MR) is 60.5 cm³/mol. The van der Waals surface area contributed by atoms with Gasteiger partial charge in [0.05, 0.1) is 7.05 Å². The molecule has 0 unspecified atom stereocenters. The molecule has 2 nitrogen and oxygen atoms in total. The highest BCUT2D eigenvalue weighted by atomic mass is 15.1. The Balaban J connectivity index is 2.33. The minimum atomic E-state index is 0.451. The van der Waals surface area contributed by atoms with E-state index in [2.05, 4.69) is 65.1 Å². The molecule has 0 bridgehead atoms. The second-order valence-corrected chi connectivity index (χ2v) is 3.86. The second kappa shape index (κ2) is 4.30. The molecule has 0 aliphatic heterocycles. The Morgan fingerprint density at radius 1 is 1.27 bits per heavy atom. The molecule has 0 saturated carbocycles. The number of aromatic nitrogens is 2. The van der Waals surface area contributed by atoms with Crippen LogP contribution in [0.15, 0.2) is 49.1 Å². The molecule has 2 aromatic rings. The fraction of sp³-hybridized carbons (Fsp3) is 0.308. The summed E-state index contributed by atoms with van der Waals surface area (Å²) in [7, 11) is 2.05. The third-order valence-electron chi connectivity index (χ3n) is 2.72. The molecule has 0 radical (unpaired) electrons. The third-order valence-corrected chi connectivity index (χ3v) is 2.72.